The van der Waals surface area contributed by atoms with E-state index in [-0.39, 0.29) is 0 Å². The van der Waals surface area contributed by atoms with Crippen LogP contribution >= 0.6 is 0 Å². The molecule has 0 rings (SSSR count). The largest absolute Gasteiger partial charge is 0.501 e. The summed E-state index contributed by atoms with van der Waals surface area (Å²) in [7, 11) is 0. The lowest BCUT2D eigenvalue weighted by molar-refractivity contribution is 0.180. The first kappa shape index (κ1) is 21.9. The SMILES string of the molecule is CCCCCCCCCCCCC/C=C/[C@@H](O)[C@@H](N)C(O)=C=O. The fraction of sp³-hybridized carbons (Fsp3) is 0.789. The van der Waals surface area contributed by atoms with Gasteiger partial charge in [-0.25, -0.2) is 4.79 Å². The average molecular weight is 325 g/mol. The smallest absolute Gasteiger partial charge is 0.196 e. The second-order valence-electron chi connectivity index (χ2n) is 6.26. The van der Waals surface area contributed by atoms with Crippen LogP contribution in [0.1, 0.15) is 84.0 Å². The molecular formula is C19H35NO3. The molecule has 0 radical (unpaired) electrons. The lowest BCUT2D eigenvalue weighted by atomic mass is 10.0. The number of aliphatic hydroxyl groups is 2. The molecule has 0 aromatic rings. The maximum Gasteiger partial charge on any atom is 0.196 e. The van der Waals surface area contributed by atoms with Crippen molar-refractivity contribution in [1.82, 2.24) is 0 Å². The van der Waals surface area contributed by atoms with Crippen LogP contribution in [0.5, 0.6) is 0 Å². The van der Waals surface area contributed by atoms with Gasteiger partial charge >= 0.3 is 0 Å². The minimum Gasteiger partial charge on any atom is -0.501 e. The summed E-state index contributed by atoms with van der Waals surface area (Å²) in [6.45, 7) is 2.25. The zero-order valence-corrected chi connectivity index (χ0v) is 14.7. The first-order chi connectivity index (χ1) is 11.1. The van der Waals surface area contributed by atoms with Crippen molar-refractivity contribution in [1.29, 1.82) is 0 Å². The van der Waals surface area contributed by atoms with Gasteiger partial charge in [-0.3, -0.25) is 0 Å². The van der Waals surface area contributed by atoms with Crippen molar-refractivity contribution in [2.24, 2.45) is 5.73 Å². The Morgan fingerprint density at radius 3 is 1.96 bits per heavy atom. The highest BCUT2D eigenvalue weighted by Gasteiger charge is 2.16. The number of nitrogens with two attached hydrogens (primary N) is 1. The van der Waals surface area contributed by atoms with E-state index in [0.29, 0.717) is 0 Å². The Bertz CT molecular complexity index is 349. The molecule has 2 atom stereocenters. The molecule has 0 aromatic carbocycles. The van der Waals surface area contributed by atoms with Gasteiger partial charge < -0.3 is 15.9 Å². The Hall–Kier alpha value is -1.09. The van der Waals surface area contributed by atoms with Crippen molar-refractivity contribution < 1.29 is 15.0 Å². The summed E-state index contributed by atoms with van der Waals surface area (Å²) in [6, 6.07) is -1.08. The molecule has 134 valence electrons. The van der Waals surface area contributed by atoms with Gasteiger partial charge in [0.05, 0.1) is 6.10 Å². The molecule has 4 heteroatoms. The highest BCUT2D eigenvalue weighted by Crippen LogP contribution is 2.12. The van der Waals surface area contributed by atoms with Crippen molar-refractivity contribution >= 4 is 5.94 Å². The predicted octanol–water partition coefficient (Wildman–Crippen LogP) is 4.21. The molecule has 0 saturated heterocycles. The van der Waals surface area contributed by atoms with Crippen LogP contribution in [0.3, 0.4) is 0 Å². The van der Waals surface area contributed by atoms with Gasteiger partial charge in [0.15, 0.2) is 11.7 Å². The number of unbranched alkanes of at least 4 members (excludes halogenated alkanes) is 11. The molecule has 0 spiro atoms. The zero-order valence-electron chi connectivity index (χ0n) is 14.7. The van der Waals surface area contributed by atoms with Crippen LogP contribution in [-0.2, 0) is 4.79 Å². The van der Waals surface area contributed by atoms with Crippen LogP contribution in [0.15, 0.2) is 17.9 Å². The van der Waals surface area contributed by atoms with Crippen LogP contribution in [-0.4, -0.2) is 28.3 Å². The predicted molar refractivity (Wildman–Crippen MR) is 96.0 cm³/mol. The minimum absolute atomic E-state index is 0.642. The van der Waals surface area contributed by atoms with E-state index in [2.05, 4.69) is 6.92 Å². The lowest BCUT2D eigenvalue weighted by Gasteiger charge is -2.11. The van der Waals surface area contributed by atoms with E-state index in [1.54, 1.807) is 0 Å². The molecule has 4 N–H and O–H groups in total. The second-order valence-corrected chi connectivity index (χ2v) is 6.26. The Labute approximate surface area is 141 Å². The fourth-order valence-corrected chi connectivity index (χ4v) is 2.51. The van der Waals surface area contributed by atoms with Crippen LogP contribution in [0.4, 0.5) is 0 Å². The molecule has 0 bridgehead atoms. The van der Waals surface area contributed by atoms with Gasteiger partial charge in [-0.2, -0.15) is 0 Å². The summed E-state index contributed by atoms with van der Waals surface area (Å²) in [5.74, 6) is 0.656. The first-order valence-electron chi connectivity index (χ1n) is 9.17. The first-order valence-corrected chi connectivity index (χ1v) is 9.17. The van der Waals surface area contributed by atoms with Gasteiger partial charge in [0.2, 0.25) is 0 Å². The van der Waals surface area contributed by atoms with Gasteiger partial charge in [0.1, 0.15) is 6.04 Å². The molecule has 4 nitrogen and oxygen atoms in total. The summed E-state index contributed by atoms with van der Waals surface area (Å²) >= 11 is 0. The van der Waals surface area contributed by atoms with Crippen LogP contribution in [0, 0.1) is 0 Å². The molecular weight excluding hydrogens is 290 g/mol. The fourth-order valence-electron chi connectivity index (χ4n) is 2.51. The van der Waals surface area contributed by atoms with Crippen LogP contribution in [0.2, 0.25) is 0 Å². The maximum atomic E-state index is 10.2. The van der Waals surface area contributed by atoms with Crippen molar-refractivity contribution in [3.63, 3.8) is 0 Å². The number of carbonyl (C=O) groups excluding carboxylic acids is 1. The topological polar surface area (TPSA) is 83.6 Å². The third-order valence-corrected chi connectivity index (χ3v) is 4.10. The Kier molecular flexibility index (Phi) is 15.0. The quantitative estimate of drug-likeness (QED) is 0.182. The van der Waals surface area contributed by atoms with Gasteiger partial charge in [0, 0.05) is 0 Å². The monoisotopic (exact) mass is 325 g/mol. The number of aliphatic hydroxyl groups excluding tert-OH is 2. The lowest BCUT2D eigenvalue weighted by Crippen LogP contribution is -2.35. The van der Waals surface area contributed by atoms with E-state index in [4.69, 9.17) is 10.8 Å². The van der Waals surface area contributed by atoms with Gasteiger partial charge in [-0.15, -0.1) is 0 Å². The van der Waals surface area contributed by atoms with E-state index >= 15 is 0 Å². The average Bonchev–Trinajstić information content (AvgIpc) is 2.57. The highest BCUT2D eigenvalue weighted by atomic mass is 16.3. The highest BCUT2D eigenvalue weighted by molar-refractivity contribution is 5.51. The summed E-state index contributed by atoms with van der Waals surface area (Å²) in [6.07, 6.45) is 17.6. The minimum atomic E-state index is -1.08. The van der Waals surface area contributed by atoms with E-state index in [9.17, 15) is 9.90 Å². The summed E-state index contributed by atoms with van der Waals surface area (Å²) < 4.78 is 0. The summed E-state index contributed by atoms with van der Waals surface area (Å²) in [5, 5.41) is 18.7. The van der Waals surface area contributed by atoms with Crippen LogP contribution < -0.4 is 5.73 Å². The van der Waals surface area contributed by atoms with Crippen molar-refractivity contribution in [2.45, 2.75) is 96.1 Å². The van der Waals surface area contributed by atoms with E-state index in [1.807, 2.05) is 6.08 Å². The Morgan fingerprint density at radius 2 is 1.48 bits per heavy atom. The van der Waals surface area contributed by atoms with E-state index in [0.717, 1.165) is 12.8 Å². The molecule has 0 amide bonds. The number of hydrogen-bond acceptors (Lipinski definition) is 4. The molecule has 0 unspecified atom stereocenters. The molecule has 0 fully saturated rings. The molecule has 23 heavy (non-hydrogen) atoms. The number of allylic oxidation sites excluding steroid dienone is 1. The number of hydrogen-bond donors (Lipinski definition) is 3. The van der Waals surface area contributed by atoms with Crippen molar-refractivity contribution in [3.8, 4) is 0 Å². The Morgan fingerprint density at radius 1 is 1.00 bits per heavy atom. The molecule has 0 aliphatic rings. The molecule has 0 aliphatic carbocycles. The normalized spacial score (nSPS) is 13.9. The van der Waals surface area contributed by atoms with Crippen molar-refractivity contribution in [3.05, 3.63) is 17.9 Å². The molecule has 0 aromatic heterocycles. The van der Waals surface area contributed by atoms with E-state index < -0.39 is 17.9 Å². The van der Waals surface area contributed by atoms with Gasteiger partial charge in [0.25, 0.3) is 0 Å². The van der Waals surface area contributed by atoms with E-state index in [1.165, 1.54) is 76.2 Å². The Balaban J connectivity index is 3.42. The summed E-state index contributed by atoms with van der Waals surface area (Å²) in [5.41, 5.74) is 5.47. The third-order valence-electron chi connectivity index (χ3n) is 4.10. The zero-order chi connectivity index (χ0) is 17.3. The van der Waals surface area contributed by atoms with Gasteiger partial charge in [-0.05, 0) is 12.8 Å². The van der Waals surface area contributed by atoms with Crippen LogP contribution in [0.25, 0.3) is 0 Å². The third kappa shape index (κ3) is 13.1. The standard InChI is InChI=1S/C19H35NO3/c1-2-3-4-5-6-7-8-9-10-11-12-13-14-15-17(22)19(20)18(23)16-21/h14-15,17,19,22-23H,2-13,20H2,1H3/b15-14+/t17-,19-/m1/s1. The molecule has 0 saturated carbocycles. The van der Waals surface area contributed by atoms with Crippen molar-refractivity contribution in [2.75, 3.05) is 0 Å². The summed E-state index contributed by atoms with van der Waals surface area (Å²) in [4.78, 5) is 10.2. The second kappa shape index (κ2) is 15.8. The number of rotatable bonds is 15. The maximum absolute atomic E-state index is 10.2. The van der Waals surface area contributed by atoms with Gasteiger partial charge in [-0.1, -0.05) is 83.3 Å². The molecule has 0 heterocycles. The molecule has 0 aliphatic heterocycles.